The zero-order valence-electron chi connectivity index (χ0n) is 15.1. The van der Waals surface area contributed by atoms with Crippen LogP contribution in [0, 0.1) is 11.3 Å². The zero-order chi connectivity index (χ0) is 17.7. The van der Waals surface area contributed by atoms with Crippen LogP contribution in [0.5, 0.6) is 0 Å². The van der Waals surface area contributed by atoms with Crippen LogP contribution in [0.3, 0.4) is 0 Å². The third-order valence-corrected chi connectivity index (χ3v) is 6.61. The highest BCUT2D eigenvalue weighted by Crippen LogP contribution is 2.46. The summed E-state index contributed by atoms with van der Waals surface area (Å²) < 4.78 is 0. The van der Waals surface area contributed by atoms with E-state index >= 15 is 0 Å². The van der Waals surface area contributed by atoms with Crippen LogP contribution in [0.2, 0.25) is 0 Å². The normalized spacial score (nSPS) is 22.6. The fourth-order valence-electron chi connectivity index (χ4n) is 5.03. The molecule has 0 saturated carbocycles. The number of benzene rings is 1. The number of fused-ring (bicyclic) bond motifs is 3. The number of nitriles is 1. The SMILES string of the molecule is C[C@@H]1CCc2ncnc(N3CCC4(CC3)CNc3ccc(C#N)cc34)c21. The van der Waals surface area contributed by atoms with E-state index in [1.54, 1.807) is 6.33 Å². The molecule has 5 rings (SSSR count). The highest BCUT2D eigenvalue weighted by atomic mass is 15.2. The lowest BCUT2D eigenvalue weighted by atomic mass is 9.74. The van der Waals surface area contributed by atoms with Gasteiger partial charge in [0.15, 0.2) is 0 Å². The summed E-state index contributed by atoms with van der Waals surface area (Å²) in [5.41, 5.74) is 6.07. The number of nitrogens with zero attached hydrogens (tertiary/aromatic N) is 4. The Morgan fingerprint density at radius 3 is 2.92 bits per heavy atom. The smallest absolute Gasteiger partial charge is 0.135 e. The van der Waals surface area contributed by atoms with Crippen LogP contribution in [0.15, 0.2) is 24.5 Å². The summed E-state index contributed by atoms with van der Waals surface area (Å²) in [6.07, 6.45) is 6.19. The molecule has 0 radical (unpaired) electrons. The van der Waals surface area contributed by atoms with Gasteiger partial charge in [-0.25, -0.2) is 9.97 Å². The zero-order valence-corrected chi connectivity index (χ0v) is 15.1. The molecule has 1 atom stereocenters. The molecule has 5 heteroatoms. The van der Waals surface area contributed by atoms with Crippen molar-refractivity contribution in [3.8, 4) is 6.07 Å². The predicted molar refractivity (Wildman–Crippen MR) is 102 cm³/mol. The third-order valence-electron chi connectivity index (χ3n) is 6.61. The maximum absolute atomic E-state index is 9.27. The maximum Gasteiger partial charge on any atom is 0.135 e. The van der Waals surface area contributed by atoms with Gasteiger partial charge < -0.3 is 10.2 Å². The van der Waals surface area contributed by atoms with Gasteiger partial charge in [-0.2, -0.15) is 5.26 Å². The molecule has 132 valence electrons. The average Bonchev–Trinajstić information content (AvgIpc) is 3.24. The van der Waals surface area contributed by atoms with Crippen molar-refractivity contribution in [1.82, 2.24) is 9.97 Å². The van der Waals surface area contributed by atoms with Crippen molar-refractivity contribution in [3.63, 3.8) is 0 Å². The Bertz CT molecular complexity index is 905. The van der Waals surface area contributed by atoms with Crippen molar-refractivity contribution >= 4 is 11.5 Å². The lowest BCUT2D eigenvalue weighted by molar-refractivity contribution is 0.360. The van der Waals surface area contributed by atoms with Crippen LogP contribution in [0.4, 0.5) is 11.5 Å². The van der Waals surface area contributed by atoms with E-state index in [-0.39, 0.29) is 5.41 Å². The molecule has 1 aliphatic carbocycles. The van der Waals surface area contributed by atoms with Gasteiger partial charge in [-0.15, -0.1) is 0 Å². The summed E-state index contributed by atoms with van der Waals surface area (Å²) in [4.78, 5) is 11.6. The van der Waals surface area contributed by atoms with E-state index in [4.69, 9.17) is 0 Å². The van der Waals surface area contributed by atoms with E-state index in [1.165, 1.54) is 28.9 Å². The first-order valence-corrected chi connectivity index (χ1v) is 9.57. The minimum Gasteiger partial charge on any atom is -0.384 e. The van der Waals surface area contributed by atoms with Crippen molar-refractivity contribution in [1.29, 1.82) is 5.26 Å². The van der Waals surface area contributed by atoms with Crippen LogP contribution in [0.25, 0.3) is 0 Å². The number of nitrogens with one attached hydrogen (secondary N) is 1. The molecule has 26 heavy (non-hydrogen) atoms. The average molecular weight is 345 g/mol. The van der Waals surface area contributed by atoms with Gasteiger partial charge in [0.25, 0.3) is 0 Å². The number of aryl methyl sites for hydroxylation is 1. The molecule has 0 unspecified atom stereocenters. The first-order chi connectivity index (χ1) is 12.7. The van der Waals surface area contributed by atoms with Gasteiger partial charge in [0, 0.05) is 42.0 Å². The Labute approximate surface area is 154 Å². The molecule has 1 fully saturated rings. The highest BCUT2D eigenvalue weighted by molar-refractivity contribution is 5.63. The predicted octanol–water partition coefficient (Wildman–Crippen LogP) is 3.36. The largest absolute Gasteiger partial charge is 0.384 e. The lowest BCUT2D eigenvalue weighted by Crippen LogP contribution is -2.44. The number of hydrogen-bond donors (Lipinski definition) is 1. The van der Waals surface area contributed by atoms with Gasteiger partial charge in [-0.3, -0.25) is 0 Å². The molecule has 2 aliphatic heterocycles. The molecular formula is C21H23N5. The second-order valence-electron chi connectivity index (χ2n) is 7.99. The molecular weight excluding hydrogens is 322 g/mol. The van der Waals surface area contributed by atoms with Gasteiger partial charge in [-0.1, -0.05) is 6.92 Å². The fraction of sp³-hybridized carbons (Fsp3) is 0.476. The summed E-state index contributed by atoms with van der Waals surface area (Å²) in [6, 6.07) is 8.36. The van der Waals surface area contributed by atoms with E-state index in [2.05, 4.69) is 45.3 Å². The van der Waals surface area contributed by atoms with E-state index in [9.17, 15) is 5.26 Å². The van der Waals surface area contributed by atoms with Gasteiger partial charge in [0.05, 0.1) is 11.6 Å². The summed E-state index contributed by atoms with van der Waals surface area (Å²) in [6.45, 7) is 5.29. The second kappa shape index (κ2) is 5.70. The van der Waals surface area contributed by atoms with Gasteiger partial charge in [-0.05, 0) is 55.4 Å². The van der Waals surface area contributed by atoms with Crippen molar-refractivity contribution in [3.05, 3.63) is 46.9 Å². The number of hydrogen-bond acceptors (Lipinski definition) is 5. The van der Waals surface area contributed by atoms with Gasteiger partial charge >= 0.3 is 0 Å². The van der Waals surface area contributed by atoms with E-state index in [0.717, 1.165) is 50.3 Å². The van der Waals surface area contributed by atoms with Crippen LogP contribution in [-0.2, 0) is 11.8 Å². The number of piperidine rings is 1. The second-order valence-corrected chi connectivity index (χ2v) is 7.99. The van der Waals surface area contributed by atoms with Gasteiger partial charge in [0.2, 0.25) is 0 Å². The first-order valence-electron chi connectivity index (χ1n) is 9.57. The molecule has 5 nitrogen and oxygen atoms in total. The van der Waals surface area contributed by atoms with Crippen LogP contribution >= 0.6 is 0 Å². The number of anilines is 2. The Balaban J connectivity index is 1.43. The fourth-order valence-corrected chi connectivity index (χ4v) is 5.03. The molecule has 1 aromatic carbocycles. The van der Waals surface area contributed by atoms with E-state index in [1.807, 2.05) is 6.07 Å². The molecule has 2 aromatic rings. The summed E-state index contributed by atoms with van der Waals surface area (Å²) in [5, 5.41) is 12.8. The molecule has 3 aliphatic rings. The molecule has 0 amide bonds. The minimum absolute atomic E-state index is 0.153. The van der Waals surface area contributed by atoms with Crippen molar-refractivity contribution in [2.24, 2.45) is 0 Å². The monoisotopic (exact) mass is 345 g/mol. The molecule has 0 bridgehead atoms. The Kier molecular flexibility index (Phi) is 3.43. The van der Waals surface area contributed by atoms with E-state index < -0.39 is 0 Å². The Morgan fingerprint density at radius 1 is 1.27 bits per heavy atom. The quantitative estimate of drug-likeness (QED) is 0.858. The molecule has 3 heterocycles. The number of aromatic nitrogens is 2. The van der Waals surface area contributed by atoms with E-state index in [0.29, 0.717) is 5.92 Å². The molecule has 1 saturated heterocycles. The van der Waals surface area contributed by atoms with Crippen molar-refractivity contribution < 1.29 is 0 Å². The molecule has 1 spiro atoms. The maximum atomic E-state index is 9.27. The molecule has 1 N–H and O–H groups in total. The summed E-state index contributed by atoms with van der Waals surface area (Å²) >= 11 is 0. The standard InChI is InChI=1S/C21H23N5/c1-14-2-4-18-19(14)20(25-13-24-18)26-8-6-21(7-9-26)12-23-17-5-3-15(11-22)10-16(17)21/h3,5,10,13-14,23H,2,4,6-9,12H2,1H3/t14-/m1/s1. The van der Waals surface area contributed by atoms with Crippen molar-refractivity contribution in [2.45, 2.75) is 43.9 Å². The van der Waals surface area contributed by atoms with Crippen LogP contribution < -0.4 is 10.2 Å². The lowest BCUT2D eigenvalue weighted by Gasteiger charge is -2.40. The Morgan fingerprint density at radius 2 is 2.12 bits per heavy atom. The topological polar surface area (TPSA) is 64.8 Å². The third kappa shape index (κ3) is 2.21. The van der Waals surface area contributed by atoms with Crippen LogP contribution in [0.1, 0.15) is 54.5 Å². The molecule has 1 aromatic heterocycles. The van der Waals surface area contributed by atoms with Gasteiger partial charge in [0.1, 0.15) is 12.1 Å². The highest BCUT2D eigenvalue weighted by Gasteiger charge is 2.42. The number of rotatable bonds is 1. The summed E-state index contributed by atoms with van der Waals surface area (Å²) in [7, 11) is 0. The first kappa shape index (κ1) is 15.6. The van der Waals surface area contributed by atoms with Crippen molar-refractivity contribution in [2.75, 3.05) is 29.9 Å². The minimum atomic E-state index is 0.153. The van der Waals surface area contributed by atoms with Crippen LogP contribution in [-0.4, -0.2) is 29.6 Å². The summed E-state index contributed by atoms with van der Waals surface area (Å²) in [5.74, 6) is 1.72. The Hall–Kier alpha value is -2.61.